The van der Waals surface area contributed by atoms with Crippen molar-refractivity contribution in [2.24, 2.45) is 0 Å². The predicted octanol–water partition coefficient (Wildman–Crippen LogP) is 1.67. The maximum absolute atomic E-state index is 12.7. The molecule has 0 saturated heterocycles. The number of pyridine rings is 1. The Morgan fingerprint density at radius 2 is 1.95 bits per heavy atom. The van der Waals surface area contributed by atoms with Crippen molar-refractivity contribution in [1.82, 2.24) is 15.6 Å². The number of hydrogen-bond donors (Lipinski definition) is 2. The summed E-state index contributed by atoms with van der Waals surface area (Å²) in [5.74, 6) is -0.302. The zero-order chi connectivity index (χ0) is 14.9. The zero-order valence-electron chi connectivity index (χ0n) is 11.7. The van der Waals surface area contributed by atoms with Gasteiger partial charge in [0.15, 0.2) is 0 Å². The molecule has 0 aliphatic rings. The number of nitrogens with one attached hydrogen (secondary N) is 2. The maximum Gasteiger partial charge on any atom is 0.233 e. The monoisotopic (exact) mass is 287 g/mol. The molecule has 0 spiro atoms. The summed E-state index contributed by atoms with van der Waals surface area (Å²) in [6.07, 6.45) is 4.17. The van der Waals surface area contributed by atoms with E-state index in [-0.39, 0.29) is 18.3 Å². The van der Waals surface area contributed by atoms with Gasteiger partial charge in [-0.05, 0) is 35.7 Å². The molecule has 1 aromatic carbocycles. The fraction of sp³-hybridized carbons (Fsp3) is 0.250. The van der Waals surface area contributed by atoms with Crippen LogP contribution < -0.4 is 10.6 Å². The molecule has 0 aliphatic heterocycles. The lowest BCUT2D eigenvalue weighted by Gasteiger charge is -2.07. The second kappa shape index (κ2) is 8.11. The van der Waals surface area contributed by atoms with E-state index >= 15 is 0 Å². The van der Waals surface area contributed by atoms with Crippen LogP contribution in [-0.4, -0.2) is 24.0 Å². The molecule has 2 aromatic rings. The molecule has 1 aromatic heterocycles. The number of halogens is 1. The molecule has 0 aliphatic carbocycles. The van der Waals surface area contributed by atoms with Gasteiger partial charge in [0.2, 0.25) is 5.91 Å². The van der Waals surface area contributed by atoms with Crippen LogP contribution in [-0.2, 0) is 17.8 Å². The molecule has 0 fully saturated rings. The van der Waals surface area contributed by atoms with Crippen LogP contribution in [0.5, 0.6) is 0 Å². The standard InChI is InChI=1S/C16H18FN3O/c17-15-5-3-13(4-6-15)7-9-20-16(21)12-19-11-14-2-1-8-18-10-14/h1-6,8,10,19H,7,9,11-12H2,(H,20,21). The minimum Gasteiger partial charge on any atom is -0.355 e. The summed E-state index contributed by atoms with van der Waals surface area (Å²) in [4.78, 5) is 15.6. The summed E-state index contributed by atoms with van der Waals surface area (Å²) in [6.45, 7) is 1.41. The highest BCUT2D eigenvalue weighted by Gasteiger charge is 2.01. The first-order valence-electron chi connectivity index (χ1n) is 6.85. The maximum atomic E-state index is 12.7. The Morgan fingerprint density at radius 3 is 2.67 bits per heavy atom. The molecule has 2 rings (SSSR count). The third-order valence-corrected chi connectivity index (χ3v) is 2.99. The summed E-state index contributed by atoms with van der Waals surface area (Å²) in [6, 6.07) is 10.1. The fourth-order valence-corrected chi connectivity index (χ4v) is 1.88. The van der Waals surface area contributed by atoms with Crippen LogP contribution >= 0.6 is 0 Å². The molecular weight excluding hydrogens is 269 g/mol. The average molecular weight is 287 g/mol. The Morgan fingerprint density at radius 1 is 1.14 bits per heavy atom. The fourth-order valence-electron chi connectivity index (χ4n) is 1.88. The quantitative estimate of drug-likeness (QED) is 0.814. The van der Waals surface area contributed by atoms with Crippen LogP contribution in [0.1, 0.15) is 11.1 Å². The van der Waals surface area contributed by atoms with E-state index in [1.165, 1.54) is 12.1 Å². The van der Waals surface area contributed by atoms with Crippen LogP contribution in [0, 0.1) is 5.82 Å². The van der Waals surface area contributed by atoms with Crippen LogP contribution in [0.15, 0.2) is 48.8 Å². The Kier molecular flexibility index (Phi) is 5.84. The second-order valence-corrected chi connectivity index (χ2v) is 4.69. The lowest BCUT2D eigenvalue weighted by molar-refractivity contribution is -0.120. The van der Waals surface area contributed by atoms with E-state index in [1.54, 1.807) is 24.5 Å². The number of nitrogens with zero attached hydrogens (tertiary/aromatic N) is 1. The third kappa shape index (κ3) is 5.71. The first-order valence-corrected chi connectivity index (χ1v) is 6.85. The van der Waals surface area contributed by atoms with Gasteiger partial charge in [-0.15, -0.1) is 0 Å². The third-order valence-electron chi connectivity index (χ3n) is 2.99. The SMILES string of the molecule is O=C(CNCc1cccnc1)NCCc1ccc(F)cc1. The average Bonchev–Trinajstić information content (AvgIpc) is 2.50. The number of carbonyl (C=O) groups excluding carboxylic acids is 1. The molecule has 1 amide bonds. The second-order valence-electron chi connectivity index (χ2n) is 4.69. The van der Waals surface area contributed by atoms with E-state index in [2.05, 4.69) is 15.6 Å². The van der Waals surface area contributed by atoms with Gasteiger partial charge in [-0.2, -0.15) is 0 Å². The molecule has 2 N–H and O–H groups in total. The van der Waals surface area contributed by atoms with Crippen LogP contribution in [0.25, 0.3) is 0 Å². The molecule has 21 heavy (non-hydrogen) atoms. The number of hydrogen-bond acceptors (Lipinski definition) is 3. The Hall–Kier alpha value is -2.27. The van der Waals surface area contributed by atoms with E-state index in [9.17, 15) is 9.18 Å². The van der Waals surface area contributed by atoms with Gasteiger partial charge in [0.05, 0.1) is 6.54 Å². The van der Waals surface area contributed by atoms with Crippen molar-refractivity contribution in [3.8, 4) is 0 Å². The van der Waals surface area contributed by atoms with Crippen LogP contribution in [0.4, 0.5) is 4.39 Å². The Bertz CT molecular complexity index is 557. The van der Waals surface area contributed by atoms with Gasteiger partial charge in [-0.1, -0.05) is 18.2 Å². The van der Waals surface area contributed by atoms with Crippen molar-refractivity contribution in [3.63, 3.8) is 0 Å². The normalized spacial score (nSPS) is 10.3. The number of rotatable bonds is 7. The first-order chi connectivity index (χ1) is 10.2. The Labute approximate surface area is 123 Å². The van der Waals surface area contributed by atoms with Crippen molar-refractivity contribution in [2.75, 3.05) is 13.1 Å². The van der Waals surface area contributed by atoms with E-state index < -0.39 is 0 Å². The molecule has 4 nitrogen and oxygen atoms in total. The van der Waals surface area contributed by atoms with Gasteiger partial charge in [0.25, 0.3) is 0 Å². The minimum absolute atomic E-state index is 0.0546. The number of carbonyl (C=O) groups is 1. The largest absolute Gasteiger partial charge is 0.355 e. The van der Waals surface area contributed by atoms with Gasteiger partial charge in [-0.25, -0.2) is 4.39 Å². The summed E-state index contributed by atoms with van der Waals surface area (Å²) in [7, 11) is 0. The van der Waals surface area contributed by atoms with Crippen LogP contribution in [0.2, 0.25) is 0 Å². The Balaban J connectivity index is 1.60. The van der Waals surface area contributed by atoms with E-state index in [0.717, 1.165) is 11.1 Å². The molecule has 0 saturated carbocycles. The van der Waals surface area contributed by atoms with Gasteiger partial charge in [0, 0.05) is 25.5 Å². The molecule has 0 atom stereocenters. The summed E-state index contributed by atoms with van der Waals surface area (Å²) < 4.78 is 12.7. The number of amides is 1. The highest BCUT2D eigenvalue weighted by Crippen LogP contribution is 2.02. The molecule has 0 radical (unpaired) electrons. The van der Waals surface area contributed by atoms with Crippen LogP contribution in [0.3, 0.4) is 0 Å². The molecule has 0 bridgehead atoms. The van der Waals surface area contributed by atoms with Crippen molar-refractivity contribution in [2.45, 2.75) is 13.0 Å². The summed E-state index contributed by atoms with van der Waals surface area (Å²) >= 11 is 0. The molecular formula is C16H18FN3O. The van der Waals surface area contributed by atoms with Crippen molar-refractivity contribution in [3.05, 3.63) is 65.7 Å². The van der Waals surface area contributed by atoms with E-state index in [1.807, 2.05) is 12.1 Å². The zero-order valence-corrected chi connectivity index (χ0v) is 11.7. The first kappa shape index (κ1) is 15.1. The van der Waals surface area contributed by atoms with E-state index in [0.29, 0.717) is 19.5 Å². The van der Waals surface area contributed by atoms with Crippen molar-refractivity contribution in [1.29, 1.82) is 0 Å². The van der Waals surface area contributed by atoms with Gasteiger partial charge >= 0.3 is 0 Å². The highest BCUT2D eigenvalue weighted by molar-refractivity contribution is 5.77. The molecule has 1 heterocycles. The van der Waals surface area contributed by atoms with Crippen molar-refractivity contribution >= 4 is 5.91 Å². The van der Waals surface area contributed by atoms with E-state index in [4.69, 9.17) is 0 Å². The smallest absolute Gasteiger partial charge is 0.233 e. The van der Waals surface area contributed by atoms with Gasteiger partial charge in [0.1, 0.15) is 5.82 Å². The number of benzene rings is 1. The number of aromatic nitrogens is 1. The van der Waals surface area contributed by atoms with Crippen molar-refractivity contribution < 1.29 is 9.18 Å². The molecule has 110 valence electrons. The lowest BCUT2D eigenvalue weighted by Crippen LogP contribution is -2.34. The predicted molar refractivity (Wildman–Crippen MR) is 79.1 cm³/mol. The molecule has 0 unspecified atom stereocenters. The van der Waals surface area contributed by atoms with Gasteiger partial charge in [-0.3, -0.25) is 9.78 Å². The van der Waals surface area contributed by atoms with Gasteiger partial charge < -0.3 is 10.6 Å². The summed E-state index contributed by atoms with van der Waals surface area (Å²) in [5.41, 5.74) is 2.04. The lowest BCUT2D eigenvalue weighted by atomic mass is 10.1. The summed E-state index contributed by atoms with van der Waals surface area (Å²) in [5, 5.41) is 5.88. The topological polar surface area (TPSA) is 54.0 Å². The molecule has 5 heteroatoms. The minimum atomic E-state index is -0.248. The highest BCUT2D eigenvalue weighted by atomic mass is 19.1.